The number of thioether (sulfide) groups is 1. The SMILES string of the molecule is O=C1N/C(=N\N=C\c2cn(-c3ccccc3)nc2-c2ccccc2)SC1Cc1cc(C(F)(F)F)ccc1Cl. The molecule has 0 spiro atoms. The topological polar surface area (TPSA) is 71.6 Å². The van der Waals surface area contributed by atoms with Crippen LogP contribution in [-0.4, -0.2) is 32.3 Å². The summed E-state index contributed by atoms with van der Waals surface area (Å²) in [6.07, 6.45) is -1.10. The minimum absolute atomic E-state index is 0.0178. The molecular formula is C27H19ClF3N5OS. The van der Waals surface area contributed by atoms with Gasteiger partial charge in [0.2, 0.25) is 5.91 Å². The van der Waals surface area contributed by atoms with Crippen LogP contribution in [0.3, 0.4) is 0 Å². The third-order valence-electron chi connectivity index (χ3n) is 5.71. The molecule has 1 atom stereocenters. The summed E-state index contributed by atoms with van der Waals surface area (Å²) in [6, 6.07) is 22.3. The van der Waals surface area contributed by atoms with Crippen molar-refractivity contribution in [2.24, 2.45) is 10.2 Å². The Morgan fingerprint density at radius 1 is 1.05 bits per heavy atom. The van der Waals surface area contributed by atoms with Gasteiger partial charge >= 0.3 is 6.18 Å². The highest BCUT2D eigenvalue weighted by atomic mass is 35.5. The second kappa shape index (κ2) is 10.8. The van der Waals surface area contributed by atoms with Gasteiger partial charge in [0.15, 0.2) is 5.17 Å². The Morgan fingerprint density at radius 2 is 1.76 bits per heavy atom. The van der Waals surface area contributed by atoms with Crippen molar-refractivity contribution in [3.63, 3.8) is 0 Å². The summed E-state index contributed by atoms with van der Waals surface area (Å²) < 4.78 is 41.0. The average molecular weight is 554 g/mol. The quantitative estimate of drug-likeness (QED) is 0.223. The highest BCUT2D eigenvalue weighted by Gasteiger charge is 2.34. The lowest BCUT2D eigenvalue weighted by Gasteiger charge is -2.12. The van der Waals surface area contributed by atoms with Crippen molar-refractivity contribution >= 4 is 40.7 Å². The van der Waals surface area contributed by atoms with Gasteiger partial charge in [0.1, 0.15) is 5.69 Å². The predicted molar refractivity (Wildman–Crippen MR) is 144 cm³/mol. The first-order chi connectivity index (χ1) is 18.3. The molecule has 0 bridgehead atoms. The summed E-state index contributed by atoms with van der Waals surface area (Å²) >= 11 is 7.19. The van der Waals surface area contributed by atoms with E-state index in [1.54, 1.807) is 10.9 Å². The lowest BCUT2D eigenvalue weighted by molar-refractivity contribution is -0.137. The molecule has 2 heterocycles. The van der Waals surface area contributed by atoms with E-state index in [-0.39, 0.29) is 28.1 Å². The maximum absolute atomic E-state index is 13.1. The molecule has 3 aromatic carbocycles. The van der Waals surface area contributed by atoms with Gasteiger partial charge in [-0.05, 0) is 42.3 Å². The molecule has 0 radical (unpaired) electrons. The van der Waals surface area contributed by atoms with E-state index in [0.29, 0.717) is 11.3 Å². The van der Waals surface area contributed by atoms with Gasteiger partial charge in [-0.2, -0.15) is 23.4 Å². The summed E-state index contributed by atoms with van der Waals surface area (Å²) in [5, 5.41) is 15.3. The Bertz CT molecular complexity index is 1520. The van der Waals surface area contributed by atoms with Crippen molar-refractivity contribution in [2.75, 3.05) is 0 Å². The second-order valence-electron chi connectivity index (χ2n) is 8.33. The maximum atomic E-state index is 13.1. The van der Waals surface area contributed by atoms with E-state index < -0.39 is 17.0 Å². The van der Waals surface area contributed by atoms with Gasteiger partial charge in [0, 0.05) is 22.3 Å². The molecule has 1 N–H and O–H groups in total. The van der Waals surface area contributed by atoms with E-state index in [9.17, 15) is 18.0 Å². The molecule has 6 nitrogen and oxygen atoms in total. The first kappa shape index (κ1) is 25.7. The summed E-state index contributed by atoms with van der Waals surface area (Å²) in [6.45, 7) is 0. The molecule has 1 aromatic heterocycles. The van der Waals surface area contributed by atoms with E-state index in [1.807, 2.05) is 66.9 Å². The molecule has 1 unspecified atom stereocenters. The summed E-state index contributed by atoms with van der Waals surface area (Å²) in [5.41, 5.74) is 2.62. The van der Waals surface area contributed by atoms with Gasteiger partial charge in [-0.25, -0.2) is 4.68 Å². The summed E-state index contributed by atoms with van der Waals surface area (Å²) in [7, 11) is 0. The number of carbonyl (C=O) groups excluding carboxylic acids is 1. The Hall–Kier alpha value is -3.89. The number of hydrogen-bond donors (Lipinski definition) is 1. The zero-order valence-electron chi connectivity index (χ0n) is 19.6. The van der Waals surface area contributed by atoms with Crippen LogP contribution in [-0.2, 0) is 17.4 Å². The molecule has 5 rings (SSSR count). The number of para-hydroxylation sites is 1. The number of halogens is 4. The smallest absolute Gasteiger partial charge is 0.303 e. The van der Waals surface area contributed by atoms with Crippen molar-refractivity contribution in [1.82, 2.24) is 15.1 Å². The van der Waals surface area contributed by atoms with Crippen molar-refractivity contribution in [3.8, 4) is 16.9 Å². The Labute approximate surface area is 225 Å². The van der Waals surface area contributed by atoms with Gasteiger partial charge in [0.05, 0.1) is 22.7 Å². The molecule has 38 heavy (non-hydrogen) atoms. The number of rotatable bonds is 6. The van der Waals surface area contributed by atoms with Crippen LogP contribution in [0.5, 0.6) is 0 Å². The van der Waals surface area contributed by atoms with Crippen LogP contribution >= 0.6 is 23.4 Å². The van der Waals surface area contributed by atoms with Crippen LogP contribution in [0, 0.1) is 0 Å². The number of nitrogens with one attached hydrogen (secondary N) is 1. The Morgan fingerprint density at radius 3 is 2.47 bits per heavy atom. The molecule has 11 heteroatoms. The van der Waals surface area contributed by atoms with E-state index >= 15 is 0 Å². The van der Waals surface area contributed by atoms with Crippen LogP contribution in [0.15, 0.2) is 95.3 Å². The number of amides is 1. The summed E-state index contributed by atoms with van der Waals surface area (Å²) in [5.74, 6) is -0.376. The first-order valence-electron chi connectivity index (χ1n) is 11.4. The zero-order valence-corrected chi connectivity index (χ0v) is 21.1. The predicted octanol–water partition coefficient (Wildman–Crippen LogP) is 6.38. The standard InChI is InChI=1S/C27H19ClF3N5OS/c28-22-12-11-20(27(29,30)31)13-18(22)14-23-25(37)33-26(38-23)34-32-15-19-16-36(21-9-5-2-6-10-21)35-24(19)17-7-3-1-4-8-17/h1-13,15-16,23H,14H2,(H,33,34,37)/b32-15+. The van der Waals surface area contributed by atoms with Gasteiger partial charge in [0.25, 0.3) is 0 Å². The zero-order chi connectivity index (χ0) is 26.7. The van der Waals surface area contributed by atoms with Gasteiger partial charge < -0.3 is 5.32 Å². The van der Waals surface area contributed by atoms with Gasteiger partial charge in [-0.3, -0.25) is 4.79 Å². The molecule has 1 aliphatic rings. The van der Waals surface area contributed by atoms with Crippen LogP contribution in [0.2, 0.25) is 5.02 Å². The third-order valence-corrected chi connectivity index (χ3v) is 7.15. The van der Waals surface area contributed by atoms with Crippen molar-refractivity contribution < 1.29 is 18.0 Å². The fourth-order valence-electron chi connectivity index (χ4n) is 3.85. The number of alkyl halides is 3. The van der Waals surface area contributed by atoms with Gasteiger partial charge in [-0.15, -0.1) is 5.10 Å². The highest BCUT2D eigenvalue weighted by molar-refractivity contribution is 8.15. The molecule has 1 saturated heterocycles. The summed E-state index contributed by atoms with van der Waals surface area (Å²) in [4.78, 5) is 12.5. The lowest BCUT2D eigenvalue weighted by atomic mass is 10.1. The van der Waals surface area contributed by atoms with Crippen molar-refractivity contribution in [2.45, 2.75) is 17.8 Å². The van der Waals surface area contributed by atoms with Crippen LogP contribution < -0.4 is 5.32 Å². The molecule has 0 saturated carbocycles. The van der Waals surface area contributed by atoms with Crippen LogP contribution in [0.4, 0.5) is 13.2 Å². The third kappa shape index (κ3) is 5.81. The minimum Gasteiger partial charge on any atom is -0.303 e. The normalized spacial score (nSPS) is 16.9. The van der Waals surface area contributed by atoms with E-state index in [2.05, 4.69) is 15.5 Å². The number of hydrogen-bond acceptors (Lipinski definition) is 5. The Kier molecular flexibility index (Phi) is 7.35. The molecular weight excluding hydrogens is 535 g/mol. The first-order valence-corrected chi connectivity index (χ1v) is 12.7. The molecule has 4 aromatic rings. The van der Waals surface area contributed by atoms with Crippen LogP contribution in [0.1, 0.15) is 16.7 Å². The largest absolute Gasteiger partial charge is 0.416 e. The minimum atomic E-state index is -4.50. The highest BCUT2D eigenvalue weighted by Crippen LogP contribution is 2.34. The van der Waals surface area contributed by atoms with Crippen molar-refractivity contribution in [3.05, 3.63) is 107 Å². The molecule has 1 fully saturated rings. The number of benzene rings is 3. The van der Waals surface area contributed by atoms with Crippen molar-refractivity contribution in [1.29, 1.82) is 0 Å². The molecule has 192 valence electrons. The number of aromatic nitrogens is 2. The number of amidine groups is 1. The fraction of sp³-hybridized carbons (Fsp3) is 0.111. The lowest BCUT2D eigenvalue weighted by Crippen LogP contribution is -2.26. The van der Waals surface area contributed by atoms with E-state index in [4.69, 9.17) is 16.7 Å². The maximum Gasteiger partial charge on any atom is 0.416 e. The fourth-order valence-corrected chi connectivity index (χ4v) is 5.00. The van der Waals surface area contributed by atoms with Gasteiger partial charge in [-0.1, -0.05) is 71.9 Å². The number of carbonyl (C=O) groups is 1. The van der Waals surface area contributed by atoms with E-state index in [1.165, 1.54) is 6.07 Å². The second-order valence-corrected chi connectivity index (χ2v) is 9.93. The monoisotopic (exact) mass is 553 g/mol. The Balaban J connectivity index is 1.35. The average Bonchev–Trinajstić information content (AvgIpc) is 3.49. The van der Waals surface area contributed by atoms with Crippen LogP contribution in [0.25, 0.3) is 16.9 Å². The molecule has 1 amide bonds. The number of nitrogens with zero attached hydrogens (tertiary/aromatic N) is 4. The molecule has 0 aliphatic carbocycles. The van der Waals surface area contributed by atoms with E-state index in [0.717, 1.165) is 35.1 Å². The molecule has 1 aliphatic heterocycles.